The van der Waals surface area contributed by atoms with E-state index in [0.717, 1.165) is 23.1 Å². The van der Waals surface area contributed by atoms with Gasteiger partial charge in [-0.15, -0.1) is 0 Å². The molecule has 222 valence electrons. The van der Waals surface area contributed by atoms with Crippen LogP contribution in [0.4, 0.5) is 0 Å². The second-order valence-electron chi connectivity index (χ2n) is 13.5. The number of allylic oxidation sites excluding steroid dienone is 2. The van der Waals surface area contributed by atoms with Crippen LogP contribution in [0.25, 0.3) is 44.1 Å². The van der Waals surface area contributed by atoms with Crippen LogP contribution < -0.4 is 11.5 Å². The van der Waals surface area contributed by atoms with Crippen molar-refractivity contribution in [3.8, 4) is 22.3 Å². The van der Waals surface area contributed by atoms with Crippen molar-refractivity contribution in [1.82, 2.24) is 4.57 Å². The van der Waals surface area contributed by atoms with Crippen LogP contribution in [0.15, 0.2) is 139 Å². The number of rotatable bonds is 5. The fraction of sp³-hybridized carbons (Fsp3) is 0.190. The molecule has 6 aromatic rings. The molecule has 0 radical (unpaired) electrons. The van der Waals surface area contributed by atoms with E-state index in [9.17, 15) is 0 Å². The zero-order valence-electron chi connectivity index (χ0n) is 26.2. The molecule has 0 amide bonds. The molecule has 0 spiro atoms. The zero-order valence-corrected chi connectivity index (χ0v) is 26.2. The van der Waals surface area contributed by atoms with Crippen LogP contribution in [0.5, 0.6) is 0 Å². The number of hydrogen-bond donors (Lipinski definition) is 2. The van der Waals surface area contributed by atoms with Gasteiger partial charge in [0.1, 0.15) is 0 Å². The van der Waals surface area contributed by atoms with E-state index in [4.69, 9.17) is 11.5 Å². The third kappa shape index (κ3) is 4.19. The Balaban J connectivity index is 1.17. The van der Waals surface area contributed by atoms with Gasteiger partial charge in [-0.2, -0.15) is 0 Å². The summed E-state index contributed by atoms with van der Waals surface area (Å²) in [5.41, 5.74) is 25.9. The number of benzene rings is 5. The standard InChI is InChI=1S/C42H39N3/c1-41(2)34-18-9-7-16-31(34)32-20-21-36-37(38(32)41)33-17-8-10-19-35(33)45(36)42(3)24-22-28(23-25-42)39(43)40(44)30-15-11-14-29(26-30)27-12-5-4-6-13-27/h4-24,26,39-40H,25,43-44H2,1-3H3/t39-,40?,42?/m0/s1. The number of aromatic nitrogens is 1. The first-order valence-electron chi connectivity index (χ1n) is 16.0. The van der Waals surface area contributed by atoms with Crippen molar-refractivity contribution in [2.75, 3.05) is 0 Å². The summed E-state index contributed by atoms with van der Waals surface area (Å²) < 4.78 is 2.55. The van der Waals surface area contributed by atoms with Gasteiger partial charge in [0.05, 0.1) is 11.1 Å². The highest BCUT2D eigenvalue weighted by atomic mass is 15.1. The third-order valence-electron chi connectivity index (χ3n) is 10.4. The van der Waals surface area contributed by atoms with Crippen molar-refractivity contribution in [3.63, 3.8) is 0 Å². The summed E-state index contributed by atoms with van der Waals surface area (Å²) in [6.45, 7) is 7.09. The molecule has 0 fully saturated rings. The molecule has 0 saturated heterocycles. The third-order valence-corrected chi connectivity index (χ3v) is 10.4. The highest BCUT2D eigenvalue weighted by molar-refractivity contribution is 6.13. The van der Waals surface area contributed by atoms with Gasteiger partial charge in [-0.25, -0.2) is 0 Å². The summed E-state index contributed by atoms with van der Waals surface area (Å²) in [7, 11) is 0. The molecule has 3 atom stereocenters. The molecule has 2 aliphatic carbocycles. The zero-order chi connectivity index (χ0) is 30.9. The molecule has 0 saturated carbocycles. The Morgan fingerprint density at radius 1 is 0.667 bits per heavy atom. The number of para-hydroxylation sites is 1. The quantitative estimate of drug-likeness (QED) is 0.212. The van der Waals surface area contributed by atoms with Gasteiger partial charge in [0.25, 0.3) is 0 Å². The lowest BCUT2D eigenvalue weighted by atomic mass is 9.80. The van der Waals surface area contributed by atoms with E-state index >= 15 is 0 Å². The van der Waals surface area contributed by atoms with Crippen LogP contribution in [0, 0.1) is 0 Å². The fourth-order valence-electron chi connectivity index (χ4n) is 8.00. The summed E-state index contributed by atoms with van der Waals surface area (Å²) >= 11 is 0. The van der Waals surface area contributed by atoms with Gasteiger partial charge in [0.15, 0.2) is 0 Å². The number of fused-ring (bicyclic) bond motifs is 7. The Morgan fingerprint density at radius 2 is 1.40 bits per heavy atom. The molecule has 5 aromatic carbocycles. The maximum Gasteiger partial charge on any atom is 0.0643 e. The molecular formula is C42H39N3. The predicted octanol–water partition coefficient (Wildman–Crippen LogP) is 9.40. The van der Waals surface area contributed by atoms with Gasteiger partial charge < -0.3 is 16.0 Å². The highest BCUT2D eigenvalue weighted by Gasteiger charge is 2.39. The Bertz CT molecular complexity index is 2160. The topological polar surface area (TPSA) is 57.0 Å². The molecule has 8 rings (SSSR count). The van der Waals surface area contributed by atoms with Crippen molar-refractivity contribution >= 4 is 21.8 Å². The van der Waals surface area contributed by atoms with Gasteiger partial charge in [0, 0.05) is 33.8 Å². The van der Waals surface area contributed by atoms with Gasteiger partial charge >= 0.3 is 0 Å². The molecule has 2 aliphatic rings. The minimum atomic E-state index is -0.311. The van der Waals surface area contributed by atoms with Gasteiger partial charge in [0.2, 0.25) is 0 Å². The Kier molecular flexibility index (Phi) is 6.29. The van der Waals surface area contributed by atoms with Crippen LogP contribution in [-0.2, 0) is 11.0 Å². The number of nitrogens with two attached hydrogens (primary N) is 2. The van der Waals surface area contributed by atoms with Crippen molar-refractivity contribution in [2.45, 2.75) is 50.2 Å². The van der Waals surface area contributed by atoms with E-state index < -0.39 is 0 Å². The SMILES string of the molecule is CC1(C)c2ccccc2-c2ccc3c(c21)c1ccccc1n3C1(C)C=CC([C@H](N)C(N)c2cccc(-c3ccccc3)c2)=CC1. The maximum atomic E-state index is 6.88. The monoisotopic (exact) mass is 585 g/mol. The lowest BCUT2D eigenvalue weighted by Gasteiger charge is -2.34. The molecule has 4 N–H and O–H groups in total. The van der Waals surface area contributed by atoms with E-state index in [1.807, 2.05) is 6.07 Å². The lowest BCUT2D eigenvalue weighted by Crippen LogP contribution is -2.37. The van der Waals surface area contributed by atoms with Crippen LogP contribution in [0.1, 0.15) is 49.9 Å². The second-order valence-corrected chi connectivity index (χ2v) is 13.5. The van der Waals surface area contributed by atoms with Crippen LogP contribution in [0.2, 0.25) is 0 Å². The van der Waals surface area contributed by atoms with E-state index in [2.05, 4.69) is 153 Å². The molecular weight excluding hydrogens is 546 g/mol. The van der Waals surface area contributed by atoms with Crippen molar-refractivity contribution in [2.24, 2.45) is 11.5 Å². The van der Waals surface area contributed by atoms with Crippen LogP contribution in [0.3, 0.4) is 0 Å². The van der Waals surface area contributed by atoms with E-state index in [0.29, 0.717) is 0 Å². The molecule has 0 bridgehead atoms. The summed E-state index contributed by atoms with van der Waals surface area (Å²) in [6, 6.07) is 40.7. The van der Waals surface area contributed by atoms with Gasteiger partial charge in [-0.3, -0.25) is 0 Å². The van der Waals surface area contributed by atoms with Crippen molar-refractivity contribution in [1.29, 1.82) is 0 Å². The molecule has 2 unspecified atom stereocenters. The van der Waals surface area contributed by atoms with Crippen LogP contribution >= 0.6 is 0 Å². The largest absolute Gasteiger partial charge is 0.331 e. The van der Waals surface area contributed by atoms with E-state index in [-0.39, 0.29) is 23.0 Å². The minimum Gasteiger partial charge on any atom is -0.331 e. The minimum absolute atomic E-state index is 0.0858. The Labute approximate surface area is 265 Å². The van der Waals surface area contributed by atoms with E-state index in [1.54, 1.807) is 0 Å². The number of hydrogen-bond acceptors (Lipinski definition) is 2. The second kappa shape index (κ2) is 10.2. The first kappa shape index (κ1) is 27.8. The Hall–Kier alpha value is -4.70. The molecule has 3 heteroatoms. The summed E-state index contributed by atoms with van der Waals surface area (Å²) in [6.07, 6.45) is 7.69. The normalized spacial score (nSPS) is 19.7. The fourth-order valence-corrected chi connectivity index (χ4v) is 8.00. The average Bonchev–Trinajstić information content (AvgIpc) is 3.54. The summed E-state index contributed by atoms with van der Waals surface area (Å²) in [5, 5.41) is 2.68. The lowest BCUT2D eigenvalue weighted by molar-refractivity contribution is 0.432. The molecule has 45 heavy (non-hydrogen) atoms. The molecule has 1 heterocycles. The van der Waals surface area contributed by atoms with Gasteiger partial charge in [-0.1, -0.05) is 129 Å². The first-order chi connectivity index (χ1) is 21.8. The van der Waals surface area contributed by atoms with Crippen molar-refractivity contribution < 1.29 is 0 Å². The predicted molar refractivity (Wildman–Crippen MR) is 189 cm³/mol. The average molecular weight is 586 g/mol. The van der Waals surface area contributed by atoms with Gasteiger partial charge in [-0.05, 0) is 76.1 Å². The molecule has 3 nitrogen and oxygen atoms in total. The summed E-state index contributed by atoms with van der Waals surface area (Å²) in [5.74, 6) is 0. The molecule has 0 aliphatic heterocycles. The smallest absolute Gasteiger partial charge is 0.0643 e. The van der Waals surface area contributed by atoms with Crippen molar-refractivity contribution in [3.05, 3.63) is 156 Å². The van der Waals surface area contributed by atoms with Crippen LogP contribution in [-0.4, -0.2) is 10.6 Å². The summed E-state index contributed by atoms with van der Waals surface area (Å²) in [4.78, 5) is 0. The number of nitrogens with zero attached hydrogens (tertiary/aromatic N) is 1. The van der Waals surface area contributed by atoms with E-state index in [1.165, 1.54) is 49.6 Å². The highest BCUT2D eigenvalue weighted by Crippen LogP contribution is 2.53. The first-order valence-corrected chi connectivity index (χ1v) is 16.0. The maximum absolute atomic E-state index is 6.88. The molecule has 1 aromatic heterocycles. The Morgan fingerprint density at radius 3 is 2.20 bits per heavy atom.